The lowest BCUT2D eigenvalue weighted by Gasteiger charge is -2.52. The number of thiocyanates is 7. The van der Waals surface area contributed by atoms with E-state index < -0.39 is 339 Å². The van der Waals surface area contributed by atoms with Crippen LogP contribution in [0.2, 0.25) is 0 Å². The molecule has 0 amide bonds. The van der Waals surface area contributed by atoms with Crippen LogP contribution in [0.4, 0.5) is 0 Å². The number of thioether (sulfide) groups is 7. The van der Waals surface area contributed by atoms with Crippen molar-refractivity contribution in [2.45, 2.75) is 312 Å². The zero-order valence-electron chi connectivity index (χ0n) is 72.8. The molecule has 35 atom stereocenters. The predicted molar refractivity (Wildman–Crippen MR) is 439 cm³/mol. The fraction of sp³-hybridized carbons (Fsp3) is 0.727. The van der Waals surface area contributed by atoms with Crippen molar-refractivity contribution in [2.24, 2.45) is 0 Å². The molecule has 133 heavy (non-hydrogen) atoms. The predicted octanol–water partition coefficient (Wildman–Crippen LogP) is 1.31. The number of hydrogen-bond donors (Lipinski definition) is 0. The second-order valence-corrected chi connectivity index (χ2v) is 35.0. The normalized spacial score (nSPS) is 35.7. The quantitative estimate of drug-likeness (QED) is 0.0605. The van der Waals surface area contributed by atoms with Gasteiger partial charge in [0.25, 0.3) is 0 Å². The Bertz CT molecular complexity index is 3720. The molecule has 0 spiro atoms. The number of nitrogens with zero attached hydrogens (tertiary/aromatic N) is 7. The van der Waals surface area contributed by atoms with E-state index in [-0.39, 0.29) is 0 Å². The number of carbonyl (C=O) groups is 14. The van der Waals surface area contributed by atoms with Gasteiger partial charge in [-0.1, -0.05) is 0 Å². The molecule has 0 aromatic heterocycles. The van der Waals surface area contributed by atoms with E-state index in [1.54, 1.807) is 0 Å². The van der Waals surface area contributed by atoms with E-state index in [9.17, 15) is 104 Å². The van der Waals surface area contributed by atoms with Crippen molar-refractivity contribution in [3.63, 3.8) is 0 Å². The summed E-state index contributed by atoms with van der Waals surface area (Å²) in [6.07, 6.45) is -73.9. The molecule has 21 saturated heterocycles. The minimum absolute atomic E-state index is 0.436. The van der Waals surface area contributed by atoms with Crippen molar-refractivity contribution < 1.29 is 200 Å². The molecular weight excluding hydrogens is 1920 g/mol. The van der Waals surface area contributed by atoms with Crippen LogP contribution in [0, 0.1) is 74.6 Å². The molecule has 0 radical (unpaired) electrons. The molecule has 0 aromatic carbocycles. The van der Waals surface area contributed by atoms with E-state index >= 15 is 0 Å². The molecule has 21 aliphatic rings. The van der Waals surface area contributed by atoms with Gasteiger partial charge < -0.3 is 133 Å². The van der Waals surface area contributed by atoms with Gasteiger partial charge >= 0.3 is 83.6 Å². The number of nitriles is 7. The van der Waals surface area contributed by atoms with Gasteiger partial charge in [-0.15, -0.1) is 0 Å². The first kappa shape index (κ1) is 109. The molecule has 35 unspecified atom stereocenters. The molecular formula is C77H91N7O42S7. The van der Waals surface area contributed by atoms with Crippen LogP contribution >= 0.6 is 82.3 Å². The summed E-state index contributed by atoms with van der Waals surface area (Å²) >= 11 is 3.06. The van der Waals surface area contributed by atoms with Crippen LogP contribution in [0.15, 0.2) is 0 Å². The Morgan fingerprint density at radius 2 is 0.263 bits per heavy atom. The largest absolute Gasteiger partial charge is 0.455 e. The third kappa shape index (κ3) is 30.4. The third-order valence-electron chi connectivity index (χ3n) is 19.6. The Hall–Kier alpha value is -9.10. The van der Waals surface area contributed by atoms with Crippen LogP contribution in [0.1, 0.15) is 96.9 Å². The maximum atomic E-state index is 13.9. The molecule has 21 fully saturated rings. The highest BCUT2D eigenvalue weighted by atomic mass is 32.2. The Morgan fingerprint density at radius 3 is 0.346 bits per heavy atom. The Morgan fingerprint density at radius 1 is 0.173 bits per heavy atom. The fourth-order valence-electron chi connectivity index (χ4n) is 15.4. The molecule has 0 N–H and O–H groups in total. The van der Waals surface area contributed by atoms with Crippen molar-refractivity contribution in [2.75, 3.05) is 40.3 Å². The van der Waals surface area contributed by atoms with Crippen LogP contribution in [0.3, 0.4) is 0 Å². The number of hydrogen-bond acceptors (Lipinski definition) is 56. The summed E-state index contributed by atoms with van der Waals surface area (Å²) in [6.45, 7) is 12.1. The monoisotopic (exact) mass is 2010 g/mol. The van der Waals surface area contributed by atoms with Crippen molar-refractivity contribution >= 4 is 166 Å². The highest BCUT2D eigenvalue weighted by Crippen LogP contribution is 2.46. The van der Waals surface area contributed by atoms with Crippen LogP contribution in [0.25, 0.3) is 0 Å². The van der Waals surface area contributed by atoms with Crippen molar-refractivity contribution in [1.29, 1.82) is 36.8 Å². The van der Waals surface area contributed by atoms with Crippen molar-refractivity contribution in [3.05, 3.63) is 0 Å². The van der Waals surface area contributed by atoms with Gasteiger partial charge in [0.05, 0.1) is 0 Å². The second-order valence-electron chi connectivity index (χ2n) is 29.4. The van der Waals surface area contributed by atoms with Gasteiger partial charge in [0.2, 0.25) is 0 Å². The zero-order valence-corrected chi connectivity index (χ0v) is 78.5. The fourth-order valence-corrected chi connectivity index (χ4v) is 19.0. The first-order valence-corrected chi connectivity index (χ1v) is 46.7. The van der Waals surface area contributed by atoms with E-state index in [2.05, 4.69) is 0 Å². The summed E-state index contributed by atoms with van der Waals surface area (Å²) in [5, 5.41) is 85.3. The van der Waals surface area contributed by atoms with Crippen molar-refractivity contribution in [1.82, 2.24) is 0 Å². The summed E-state index contributed by atoms with van der Waals surface area (Å²) in [5.74, 6) is -21.3. The standard InChI is InChI=1S/C77H91N7O42S7/c1-29(85)99-57-50-43(15-127-22-78)113-71(64(57)106-36(8)92)121-51-44(16-128-23-79)115-73(66(108-38(10)94)58(51)100-30(2)86)123-53-46(18-130-25-81)117-75(68(110-40(12)96)60(53)102-32(4)88)125-55-48(20-132-27-83)119-77(70(112-42(14)98)62(55)104-34(6)90)126-56-49(21-133-28-84)118-76(69(111-41(13)97)63(56)105-35(7)91)124-54-47(19-131-26-82)116-74(67(109-39(11)95)61(54)103-33(5)89)122-52-45(17-129-24-80)114-72(120-50)65(107-37(9)93)59(52)101-31(3)87/h43-77H,15-21H2,1-14H3. The minimum Gasteiger partial charge on any atom is -0.455 e. The van der Waals surface area contributed by atoms with E-state index in [0.29, 0.717) is 82.3 Å². The number of ether oxygens (including phenoxy) is 28. The smallest absolute Gasteiger partial charge is 0.303 e. The van der Waals surface area contributed by atoms with E-state index in [1.165, 1.54) is 0 Å². The van der Waals surface area contributed by atoms with Gasteiger partial charge in [0.1, 0.15) is 123 Å². The van der Waals surface area contributed by atoms with Gasteiger partial charge in [-0.25, -0.2) is 0 Å². The van der Waals surface area contributed by atoms with Gasteiger partial charge in [0.15, 0.2) is 129 Å². The minimum atomic E-state index is -2.27. The molecule has 49 nitrogen and oxygen atoms in total. The summed E-state index contributed by atoms with van der Waals surface area (Å²) in [5.41, 5.74) is 0. The molecule has 14 bridgehead atoms. The average Bonchev–Trinajstić information content (AvgIpc) is 0.857. The van der Waals surface area contributed by atoms with Gasteiger partial charge in [-0.05, 0) is 82.3 Å². The van der Waals surface area contributed by atoms with Gasteiger partial charge in [-0.3, -0.25) is 67.1 Å². The molecule has 0 aromatic rings. The number of esters is 14. The summed E-state index contributed by atoms with van der Waals surface area (Å²) in [6, 6.07) is 0. The van der Waals surface area contributed by atoms with Crippen LogP contribution < -0.4 is 0 Å². The highest BCUT2D eigenvalue weighted by Gasteiger charge is 2.66. The molecule has 0 aliphatic carbocycles. The van der Waals surface area contributed by atoms with Gasteiger partial charge in [0, 0.05) is 137 Å². The third-order valence-corrected chi connectivity index (χ3v) is 24.0. The van der Waals surface area contributed by atoms with Crippen LogP contribution in [-0.4, -0.2) is 339 Å². The molecule has 56 heteroatoms. The maximum Gasteiger partial charge on any atom is 0.303 e. The lowest BCUT2D eigenvalue weighted by atomic mass is 9.95. The summed E-state index contributed by atoms with van der Waals surface area (Å²) in [4.78, 5) is 194. The zero-order chi connectivity index (χ0) is 97.9. The Kier molecular flexibility index (Phi) is 42.9. The Balaban J connectivity index is 1.48. The summed E-state index contributed by atoms with van der Waals surface area (Å²) in [7, 11) is 0. The summed E-state index contributed by atoms with van der Waals surface area (Å²) < 4.78 is 178. The molecule has 21 heterocycles. The molecule has 21 rings (SSSR count). The SMILES string of the molecule is CC(=O)OC1C2OC(CSC#N)C(OC3OC(CSC#N)C(OC4OC(CSC#N)C(OC5OC(CSC#N)C(OC6OC(CSC#N)C(OC7OC(CSC#N)C(OC8OC(CSC#N)C(O2)C(OC(C)=O)C8OC(C)=O)C(OC(C)=O)C7OC(C)=O)C(OC(C)=O)C6OC(C)=O)C(OC(C)=O)C5OC(C)=O)C(OC(C)=O)C4OC(C)=O)C(OC(C)=O)C3OC(C)=O)C1OC(C)=O. The lowest BCUT2D eigenvalue weighted by molar-refractivity contribution is -0.389. The lowest BCUT2D eigenvalue weighted by Crippen LogP contribution is -2.70. The van der Waals surface area contributed by atoms with E-state index in [0.717, 1.165) is 96.9 Å². The highest BCUT2D eigenvalue weighted by molar-refractivity contribution is 8.05. The van der Waals surface area contributed by atoms with Gasteiger partial charge in [-0.2, -0.15) is 36.8 Å². The van der Waals surface area contributed by atoms with Crippen LogP contribution in [0.5, 0.6) is 0 Å². The molecule has 728 valence electrons. The average molecular weight is 2010 g/mol. The number of carbonyl (C=O) groups excluding carboxylic acids is 14. The van der Waals surface area contributed by atoms with E-state index in [4.69, 9.17) is 133 Å². The van der Waals surface area contributed by atoms with Crippen LogP contribution in [-0.2, 0) is 200 Å². The second kappa shape index (κ2) is 52.3. The maximum absolute atomic E-state index is 13.9. The van der Waals surface area contributed by atoms with Crippen molar-refractivity contribution in [3.8, 4) is 37.8 Å². The molecule has 21 aliphatic heterocycles. The Labute approximate surface area is 787 Å². The molecule has 0 saturated carbocycles. The number of rotatable bonds is 28. The first-order valence-electron chi connectivity index (χ1n) is 39.8. The topological polar surface area (TPSA) is 664 Å². The van der Waals surface area contributed by atoms with E-state index in [1.807, 2.05) is 37.8 Å². The first-order chi connectivity index (χ1) is 63.2.